The number of benzene rings is 1. The van der Waals surface area contributed by atoms with Crippen molar-refractivity contribution in [3.05, 3.63) is 59.3 Å². The number of anilines is 3. The van der Waals surface area contributed by atoms with E-state index in [1.165, 1.54) is 10.7 Å². The van der Waals surface area contributed by atoms with Crippen LogP contribution in [-0.2, 0) is 6.42 Å². The molecule has 0 saturated heterocycles. The summed E-state index contributed by atoms with van der Waals surface area (Å²) in [5.74, 6) is -3.97. The third kappa shape index (κ3) is 3.52. The molecule has 0 unspecified atom stereocenters. The molecule has 31 heavy (non-hydrogen) atoms. The Kier molecular flexibility index (Phi) is 4.77. The Labute approximate surface area is 171 Å². The van der Waals surface area contributed by atoms with Crippen molar-refractivity contribution in [2.45, 2.75) is 6.42 Å². The molecule has 0 aliphatic rings. The second kappa shape index (κ2) is 7.44. The maximum Gasteiger partial charge on any atom is 0.409 e. The van der Waals surface area contributed by atoms with Crippen molar-refractivity contribution in [1.29, 1.82) is 0 Å². The molecule has 10 nitrogen and oxygen atoms in total. The van der Waals surface area contributed by atoms with Gasteiger partial charge in [0.2, 0.25) is 0 Å². The average Bonchev–Trinajstić information content (AvgIpc) is 3.09. The van der Waals surface area contributed by atoms with Crippen molar-refractivity contribution in [3.8, 4) is 11.5 Å². The third-order valence-electron chi connectivity index (χ3n) is 4.36. The molecule has 0 atom stereocenters. The van der Waals surface area contributed by atoms with Crippen LogP contribution in [0.25, 0.3) is 17.0 Å². The van der Waals surface area contributed by atoms with E-state index in [1.807, 2.05) is 5.32 Å². The van der Waals surface area contributed by atoms with E-state index in [9.17, 15) is 18.0 Å². The van der Waals surface area contributed by atoms with Crippen molar-refractivity contribution in [2.24, 2.45) is 0 Å². The molecule has 0 fully saturated rings. The quantitative estimate of drug-likeness (QED) is 0.360. The Bertz CT molecular complexity index is 1320. The Hall–Kier alpha value is -4.42. The van der Waals surface area contributed by atoms with Crippen LogP contribution in [0.3, 0.4) is 0 Å². The number of hydrogen-bond acceptors (Lipinski definition) is 7. The van der Waals surface area contributed by atoms with Gasteiger partial charge in [-0.25, -0.2) is 37.4 Å². The second-order valence-corrected chi connectivity index (χ2v) is 6.32. The monoisotopic (exact) mass is 430 g/mol. The summed E-state index contributed by atoms with van der Waals surface area (Å²) in [6.45, 7) is 0. The van der Waals surface area contributed by atoms with Crippen LogP contribution in [-0.4, -0.2) is 35.8 Å². The standard InChI is InChI=1S/C18H13F3N8O2/c19-8-3-4-9(20)12(21)7(8)6-11-25-13(10-2-1-5-24-29(10)11)17-27-15(22)14(16(23)28-17)26-18(30)31/h1-5,26H,6H2,(H,30,31)(H4,22,23,27,28). The van der Waals surface area contributed by atoms with Crippen LogP contribution in [0.15, 0.2) is 30.5 Å². The molecule has 158 valence electrons. The molecule has 3 heterocycles. The fraction of sp³-hybridized carbons (Fsp3) is 0.0556. The molecule has 6 N–H and O–H groups in total. The van der Waals surface area contributed by atoms with E-state index >= 15 is 0 Å². The van der Waals surface area contributed by atoms with Crippen molar-refractivity contribution in [2.75, 3.05) is 16.8 Å². The number of amides is 1. The molecule has 0 aliphatic carbocycles. The Balaban J connectivity index is 1.85. The van der Waals surface area contributed by atoms with Gasteiger partial charge in [-0.05, 0) is 24.3 Å². The van der Waals surface area contributed by atoms with Gasteiger partial charge in [0.05, 0.1) is 5.52 Å². The van der Waals surface area contributed by atoms with Crippen LogP contribution in [0.2, 0.25) is 0 Å². The molecule has 4 rings (SSSR count). The zero-order valence-electron chi connectivity index (χ0n) is 15.5. The molecular formula is C18H13F3N8O2. The molecule has 4 aromatic rings. The highest BCUT2D eigenvalue weighted by Gasteiger charge is 2.22. The van der Waals surface area contributed by atoms with Gasteiger partial charge in [-0.2, -0.15) is 5.10 Å². The largest absolute Gasteiger partial charge is 0.465 e. The minimum absolute atomic E-state index is 0.0668. The third-order valence-corrected chi connectivity index (χ3v) is 4.36. The molecule has 0 radical (unpaired) electrons. The summed E-state index contributed by atoms with van der Waals surface area (Å²) < 4.78 is 43.1. The van der Waals surface area contributed by atoms with Gasteiger partial charge < -0.3 is 16.6 Å². The lowest BCUT2D eigenvalue weighted by atomic mass is 10.1. The van der Waals surface area contributed by atoms with E-state index in [4.69, 9.17) is 16.6 Å². The van der Waals surface area contributed by atoms with Crippen molar-refractivity contribution in [1.82, 2.24) is 24.6 Å². The smallest absolute Gasteiger partial charge is 0.409 e. The highest BCUT2D eigenvalue weighted by Crippen LogP contribution is 2.29. The summed E-state index contributed by atoms with van der Waals surface area (Å²) in [6.07, 6.45) is -0.408. The summed E-state index contributed by atoms with van der Waals surface area (Å²) >= 11 is 0. The van der Waals surface area contributed by atoms with Crippen LogP contribution >= 0.6 is 0 Å². The number of rotatable bonds is 4. The first-order valence-electron chi connectivity index (χ1n) is 8.64. The first-order chi connectivity index (χ1) is 14.8. The van der Waals surface area contributed by atoms with E-state index in [2.05, 4.69) is 20.1 Å². The molecule has 3 aromatic heterocycles. The average molecular weight is 430 g/mol. The van der Waals surface area contributed by atoms with Crippen molar-refractivity contribution in [3.63, 3.8) is 0 Å². The number of carboxylic acid groups (broad SMARTS) is 1. The summed E-state index contributed by atoms with van der Waals surface area (Å²) in [7, 11) is 0. The minimum Gasteiger partial charge on any atom is -0.465 e. The summed E-state index contributed by atoms with van der Waals surface area (Å²) in [4.78, 5) is 23.2. The van der Waals surface area contributed by atoms with Crippen LogP contribution < -0.4 is 16.8 Å². The Morgan fingerprint density at radius 1 is 1.06 bits per heavy atom. The fourth-order valence-corrected chi connectivity index (χ4v) is 3.00. The van der Waals surface area contributed by atoms with E-state index in [-0.39, 0.29) is 34.7 Å². The molecule has 0 spiro atoms. The molecule has 0 saturated carbocycles. The predicted molar refractivity (Wildman–Crippen MR) is 104 cm³/mol. The number of nitrogens with one attached hydrogen (secondary N) is 1. The molecule has 13 heteroatoms. The molecule has 0 aliphatic heterocycles. The number of nitrogens with zero attached hydrogens (tertiary/aromatic N) is 5. The van der Waals surface area contributed by atoms with Gasteiger partial charge in [0, 0.05) is 18.2 Å². The lowest BCUT2D eigenvalue weighted by molar-refractivity contribution is 0.209. The number of nitrogen functional groups attached to an aromatic ring is 2. The van der Waals surface area contributed by atoms with Crippen LogP contribution in [0.4, 0.5) is 35.3 Å². The lowest BCUT2D eigenvalue weighted by Gasteiger charge is -2.08. The minimum atomic E-state index is -1.41. The van der Waals surface area contributed by atoms with Gasteiger partial charge in [0.1, 0.15) is 23.0 Å². The predicted octanol–water partition coefficient (Wildman–Crippen LogP) is 2.45. The van der Waals surface area contributed by atoms with Gasteiger partial charge in [-0.3, -0.25) is 5.32 Å². The van der Waals surface area contributed by atoms with Crippen molar-refractivity contribution < 1.29 is 23.1 Å². The van der Waals surface area contributed by atoms with Crippen LogP contribution in [0.5, 0.6) is 0 Å². The zero-order valence-corrected chi connectivity index (χ0v) is 15.5. The number of carbonyl (C=O) groups is 1. The van der Waals surface area contributed by atoms with Gasteiger partial charge in [0.25, 0.3) is 0 Å². The van der Waals surface area contributed by atoms with Crippen LogP contribution in [0.1, 0.15) is 11.4 Å². The van der Waals surface area contributed by atoms with E-state index in [0.717, 1.165) is 6.07 Å². The molecule has 1 amide bonds. The topological polar surface area (TPSA) is 157 Å². The molecular weight excluding hydrogens is 417 g/mol. The first-order valence-corrected chi connectivity index (χ1v) is 8.64. The molecule has 1 aromatic carbocycles. The summed E-state index contributed by atoms with van der Waals surface area (Å²) in [5.41, 5.74) is 11.3. The van der Waals surface area contributed by atoms with E-state index < -0.39 is 35.5 Å². The van der Waals surface area contributed by atoms with Crippen LogP contribution in [0, 0.1) is 17.5 Å². The van der Waals surface area contributed by atoms with Gasteiger partial charge in [-0.15, -0.1) is 0 Å². The second-order valence-electron chi connectivity index (χ2n) is 6.32. The normalized spacial score (nSPS) is 11.1. The van der Waals surface area contributed by atoms with E-state index in [0.29, 0.717) is 11.6 Å². The Morgan fingerprint density at radius 2 is 1.74 bits per heavy atom. The van der Waals surface area contributed by atoms with Crippen molar-refractivity contribution >= 4 is 28.9 Å². The number of aromatic nitrogens is 5. The lowest BCUT2D eigenvalue weighted by Crippen LogP contribution is -2.14. The first kappa shape index (κ1) is 19.9. The fourth-order valence-electron chi connectivity index (χ4n) is 3.00. The SMILES string of the molecule is Nc1nc(-c2nc(Cc3c(F)ccc(F)c3F)n3ncccc23)nc(N)c1NC(=O)O. The highest BCUT2D eigenvalue weighted by atomic mass is 19.2. The summed E-state index contributed by atoms with van der Waals surface area (Å²) in [5, 5.41) is 15.0. The number of fused-ring (bicyclic) bond motifs is 1. The number of imidazole rings is 1. The number of hydrogen-bond donors (Lipinski definition) is 4. The maximum absolute atomic E-state index is 14.1. The van der Waals surface area contributed by atoms with Gasteiger partial charge in [-0.1, -0.05) is 0 Å². The number of nitrogens with two attached hydrogens (primary N) is 2. The maximum atomic E-state index is 14.1. The van der Waals surface area contributed by atoms with Gasteiger partial charge in [0.15, 0.2) is 29.1 Å². The zero-order chi connectivity index (χ0) is 22.3. The highest BCUT2D eigenvalue weighted by molar-refractivity contribution is 5.92. The molecule has 0 bridgehead atoms. The van der Waals surface area contributed by atoms with E-state index in [1.54, 1.807) is 12.1 Å². The Morgan fingerprint density at radius 3 is 2.42 bits per heavy atom. The summed E-state index contributed by atoms with van der Waals surface area (Å²) in [6, 6.07) is 4.68. The number of halogens is 3. The van der Waals surface area contributed by atoms with Gasteiger partial charge >= 0.3 is 6.09 Å².